The summed E-state index contributed by atoms with van der Waals surface area (Å²) in [6.07, 6.45) is 1.13. The SMILES string of the molecule is COc1cccc(C)c1C1CC(CN)CN1C. The minimum Gasteiger partial charge on any atom is -0.496 e. The number of ether oxygens (including phenoxy) is 1. The van der Waals surface area contributed by atoms with Gasteiger partial charge >= 0.3 is 0 Å². The van der Waals surface area contributed by atoms with Crippen molar-refractivity contribution in [3.8, 4) is 5.75 Å². The molecule has 0 spiro atoms. The summed E-state index contributed by atoms with van der Waals surface area (Å²) in [7, 11) is 3.92. The molecule has 0 aliphatic carbocycles. The Kier molecular flexibility index (Phi) is 3.69. The first kappa shape index (κ1) is 12.4. The number of methoxy groups -OCH3 is 1. The number of nitrogens with two attached hydrogens (primary N) is 1. The van der Waals surface area contributed by atoms with E-state index < -0.39 is 0 Å². The summed E-state index contributed by atoms with van der Waals surface area (Å²) < 4.78 is 5.50. The smallest absolute Gasteiger partial charge is 0.123 e. The number of hydrogen-bond acceptors (Lipinski definition) is 3. The van der Waals surface area contributed by atoms with Crippen LogP contribution in [0.4, 0.5) is 0 Å². The first-order valence-electron chi connectivity index (χ1n) is 6.21. The third-order valence-electron chi connectivity index (χ3n) is 3.81. The van der Waals surface area contributed by atoms with Gasteiger partial charge in [-0.2, -0.15) is 0 Å². The van der Waals surface area contributed by atoms with Crippen molar-refractivity contribution in [1.82, 2.24) is 4.90 Å². The summed E-state index contributed by atoms with van der Waals surface area (Å²) in [5, 5.41) is 0. The lowest BCUT2D eigenvalue weighted by molar-refractivity contribution is 0.302. The van der Waals surface area contributed by atoms with Crippen molar-refractivity contribution in [3.63, 3.8) is 0 Å². The Bertz CT molecular complexity index is 392. The number of likely N-dealkylation sites (tertiary alicyclic amines) is 1. The third-order valence-corrected chi connectivity index (χ3v) is 3.81. The van der Waals surface area contributed by atoms with E-state index in [4.69, 9.17) is 10.5 Å². The molecule has 0 bridgehead atoms. The second-order valence-corrected chi connectivity index (χ2v) is 4.98. The Balaban J connectivity index is 2.34. The summed E-state index contributed by atoms with van der Waals surface area (Å²) in [5.74, 6) is 1.61. The van der Waals surface area contributed by atoms with Gasteiger partial charge in [-0.3, -0.25) is 4.90 Å². The molecule has 1 fully saturated rings. The van der Waals surface area contributed by atoms with Gasteiger partial charge in [-0.25, -0.2) is 0 Å². The minimum atomic E-state index is 0.444. The van der Waals surface area contributed by atoms with Crippen molar-refractivity contribution in [3.05, 3.63) is 29.3 Å². The summed E-state index contributed by atoms with van der Waals surface area (Å²) in [4.78, 5) is 2.39. The van der Waals surface area contributed by atoms with Crippen molar-refractivity contribution >= 4 is 0 Å². The molecule has 2 N–H and O–H groups in total. The molecule has 1 aliphatic heterocycles. The number of benzene rings is 1. The minimum absolute atomic E-state index is 0.444. The molecule has 0 radical (unpaired) electrons. The van der Waals surface area contributed by atoms with Crippen LogP contribution in [0, 0.1) is 12.8 Å². The molecule has 1 aliphatic rings. The molecule has 94 valence electrons. The predicted octanol–water partition coefficient (Wildman–Crippen LogP) is 1.96. The fourth-order valence-electron chi connectivity index (χ4n) is 2.87. The van der Waals surface area contributed by atoms with Crippen LogP contribution < -0.4 is 10.5 Å². The zero-order valence-corrected chi connectivity index (χ0v) is 10.9. The van der Waals surface area contributed by atoms with Gasteiger partial charge in [0.1, 0.15) is 5.75 Å². The first-order valence-corrected chi connectivity index (χ1v) is 6.21. The summed E-state index contributed by atoms with van der Waals surface area (Å²) >= 11 is 0. The maximum Gasteiger partial charge on any atom is 0.123 e. The van der Waals surface area contributed by atoms with E-state index >= 15 is 0 Å². The Hall–Kier alpha value is -1.06. The highest BCUT2D eigenvalue weighted by atomic mass is 16.5. The molecular formula is C14H22N2O. The summed E-state index contributed by atoms with van der Waals surface area (Å²) in [6, 6.07) is 6.69. The topological polar surface area (TPSA) is 38.5 Å². The fraction of sp³-hybridized carbons (Fsp3) is 0.571. The Labute approximate surface area is 104 Å². The maximum atomic E-state index is 5.79. The van der Waals surface area contributed by atoms with Gasteiger partial charge in [0.2, 0.25) is 0 Å². The van der Waals surface area contributed by atoms with E-state index in [1.165, 1.54) is 11.1 Å². The Morgan fingerprint density at radius 1 is 1.47 bits per heavy atom. The molecule has 2 rings (SSSR count). The standard InChI is InChI=1S/C14H22N2O/c1-10-5-4-6-13(17-3)14(10)12-7-11(8-15)9-16(12)2/h4-6,11-12H,7-9,15H2,1-3H3. The van der Waals surface area contributed by atoms with Crippen molar-refractivity contribution in [2.45, 2.75) is 19.4 Å². The van der Waals surface area contributed by atoms with Crippen LogP contribution in [0.2, 0.25) is 0 Å². The van der Waals surface area contributed by atoms with Crippen molar-refractivity contribution in [2.75, 3.05) is 27.2 Å². The van der Waals surface area contributed by atoms with E-state index in [0.717, 1.165) is 25.3 Å². The molecule has 1 aromatic rings. The number of aryl methyl sites for hydroxylation is 1. The van der Waals surface area contributed by atoms with Gasteiger partial charge in [0, 0.05) is 18.2 Å². The average Bonchev–Trinajstić information content (AvgIpc) is 2.70. The molecule has 0 amide bonds. The highest BCUT2D eigenvalue weighted by Crippen LogP contribution is 2.39. The second-order valence-electron chi connectivity index (χ2n) is 4.98. The third kappa shape index (κ3) is 2.31. The van der Waals surface area contributed by atoms with Crippen molar-refractivity contribution < 1.29 is 4.74 Å². The monoisotopic (exact) mass is 234 g/mol. The highest BCUT2D eigenvalue weighted by Gasteiger charge is 2.32. The fourth-order valence-corrected chi connectivity index (χ4v) is 2.87. The quantitative estimate of drug-likeness (QED) is 0.869. The van der Waals surface area contributed by atoms with Gasteiger partial charge in [-0.05, 0) is 44.5 Å². The van der Waals surface area contributed by atoms with E-state index in [1.54, 1.807) is 7.11 Å². The van der Waals surface area contributed by atoms with Crippen LogP contribution in [0.25, 0.3) is 0 Å². The highest BCUT2D eigenvalue weighted by molar-refractivity contribution is 5.42. The molecule has 3 nitrogen and oxygen atoms in total. The maximum absolute atomic E-state index is 5.79. The van der Waals surface area contributed by atoms with Crippen LogP contribution in [0.3, 0.4) is 0 Å². The number of hydrogen-bond donors (Lipinski definition) is 1. The Morgan fingerprint density at radius 3 is 2.82 bits per heavy atom. The molecule has 17 heavy (non-hydrogen) atoms. The second kappa shape index (κ2) is 5.07. The summed E-state index contributed by atoms with van der Waals surface area (Å²) in [5.41, 5.74) is 8.42. The van der Waals surface area contributed by atoms with Crippen LogP contribution in [0.15, 0.2) is 18.2 Å². The van der Waals surface area contributed by atoms with Crippen LogP contribution >= 0.6 is 0 Å². The molecule has 2 unspecified atom stereocenters. The van der Waals surface area contributed by atoms with Gasteiger partial charge < -0.3 is 10.5 Å². The summed E-state index contributed by atoms with van der Waals surface area (Å²) in [6.45, 7) is 4.01. The zero-order chi connectivity index (χ0) is 12.4. The molecule has 1 heterocycles. The van der Waals surface area contributed by atoms with E-state index in [2.05, 4.69) is 24.9 Å². The predicted molar refractivity (Wildman–Crippen MR) is 70.3 cm³/mol. The molecule has 1 aromatic carbocycles. The lowest BCUT2D eigenvalue weighted by atomic mass is 9.95. The molecule has 0 aromatic heterocycles. The normalized spacial score (nSPS) is 25.2. The van der Waals surface area contributed by atoms with Gasteiger partial charge in [-0.1, -0.05) is 12.1 Å². The molecule has 2 atom stereocenters. The van der Waals surface area contributed by atoms with Crippen LogP contribution in [-0.2, 0) is 0 Å². The molecule has 1 saturated heterocycles. The zero-order valence-electron chi connectivity index (χ0n) is 10.9. The Morgan fingerprint density at radius 2 is 2.24 bits per heavy atom. The van der Waals surface area contributed by atoms with Crippen LogP contribution in [0.1, 0.15) is 23.6 Å². The van der Waals surface area contributed by atoms with E-state index in [0.29, 0.717) is 12.0 Å². The average molecular weight is 234 g/mol. The molecular weight excluding hydrogens is 212 g/mol. The van der Waals surface area contributed by atoms with E-state index in [9.17, 15) is 0 Å². The lowest BCUT2D eigenvalue weighted by Gasteiger charge is -2.23. The van der Waals surface area contributed by atoms with E-state index in [-0.39, 0.29) is 0 Å². The largest absolute Gasteiger partial charge is 0.496 e. The molecule has 3 heteroatoms. The van der Waals surface area contributed by atoms with Gasteiger partial charge in [0.15, 0.2) is 0 Å². The van der Waals surface area contributed by atoms with Crippen molar-refractivity contribution in [2.24, 2.45) is 11.7 Å². The van der Waals surface area contributed by atoms with Gasteiger partial charge in [-0.15, -0.1) is 0 Å². The van der Waals surface area contributed by atoms with Crippen molar-refractivity contribution in [1.29, 1.82) is 0 Å². The van der Waals surface area contributed by atoms with E-state index in [1.807, 2.05) is 12.1 Å². The van der Waals surface area contributed by atoms with Crippen LogP contribution in [0.5, 0.6) is 5.75 Å². The van der Waals surface area contributed by atoms with Gasteiger partial charge in [0.25, 0.3) is 0 Å². The molecule has 0 saturated carbocycles. The lowest BCUT2D eigenvalue weighted by Crippen LogP contribution is -2.21. The van der Waals surface area contributed by atoms with Gasteiger partial charge in [0.05, 0.1) is 7.11 Å². The number of rotatable bonds is 3. The first-order chi connectivity index (χ1) is 8.17. The number of nitrogens with zero attached hydrogens (tertiary/aromatic N) is 1. The van der Waals surface area contributed by atoms with Crippen LogP contribution in [-0.4, -0.2) is 32.1 Å².